The van der Waals surface area contributed by atoms with Crippen LogP contribution in [0.3, 0.4) is 0 Å². The Kier molecular flexibility index (Phi) is 4.63. The van der Waals surface area contributed by atoms with E-state index in [1.165, 1.54) is 5.56 Å². The molecule has 1 amide bonds. The number of fused-ring (bicyclic) bond motifs is 1. The quantitative estimate of drug-likeness (QED) is 0.702. The zero-order valence-electron chi connectivity index (χ0n) is 10.4. The van der Waals surface area contributed by atoms with Crippen molar-refractivity contribution in [3.8, 4) is 0 Å². The van der Waals surface area contributed by atoms with Gasteiger partial charge in [0.1, 0.15) is 0 Å². The molecule has 1 unspecified atom stereocenters. The fourth-order valence-electron chi connectivity index (χ4n) is 1.85. The number of hydrogen-bond acceptors (Lipinski definition) is 4. The molecule has 0 bridgehead atoms. The molecule has 4 nitrogen and oxygen atoms in total. The summed E-state index contributed by atoms with van der Waals surface area (Å²) in [7, 11) is 0. The van der Waals surface area contributed by atoms with Crippen molar-refractivity contribution in [3.05, 3.63) is 23.8 Å². The molecule has 18 heavy (non-hydrogen) atoms. The predicted octanol–water partition coefficient (Wildman–Crippen LogP) is 1.24. The number of hydrogen-bond donors (Lipinski definition) is 3. The van der Waals surface area contributed by atoms with Crippen LogP contribution in [0.4, 0.5) is 5.69 Å². The number of aliphatic hydroxyl groups excluding tert-OH is 1. The zero-order valence-corrected chi connectivity index (χ0v) is 11.2. The first-order valence-corrected chi connectivity index (χ1v) is 7.00. The van der Waals surface area contributed by atoms with E-state index in [0.29, 0.717) is 6.54 Å². The lowest BCUT2D eigenvalue weighted by Gasteiger charge is -2.21. The van der Waals surface area contributed by atoms with E-state index in [0.717, 1.165) is 23.5 Å². The predicted molar refractivity (Wildman–Crippen MR) is 74.1 cm³/mol. The number of nitrogens with one attached hydrogen (secondary N) is 2. The normalized spacial score (nSPS) is 18.3. The van der Waals surface area contributed by atoms with Gasteiger partial charge in [0.05, 0.1) is 17.5 Å². The Labute approximate surface area is 111 Å². The Balaban J connectivity index is 1.99. The maximum atomic E-state index is 11.6. The lowest BCUT2D eigenvalue weighted by molar-refractivity contribution is -0.115. The Morgan fingerprint density at radius 2 is 2.28 bits per heavy atom. The fourth-order valence-corrected chi connectivity index (χ4v) is 2.78. The second kappa shape index (κ2) is 6.22. The molecule has 0 spiro atoms. The maximum absolute atomic E-state index is 11.6. The molecule has 0 aliphatic carbocycles. The summed E-state index contributed by atoms with van der Waals surface area (Å²) in [5, 5.41) is 14.7. The lowest BCUT2D eigenvalue weighted by Crippen LogP contribution is -2.26. The second-order valence-electron chi connectivity index (χ2n) is 4.30. The van der Waals surface area contributed by atoms with Gasteiger partial charge in [-0.3, -0.25) is 4.79 Å². The molecule has 3 N–H and O–H groups in total. The molecule has 0 saturated heterocycles. The third kappa shape index (κ3) is 3.25. The van der Waals surface area contributed by atoms with Crippen LogP contribution in [0.15, 0.2) is 23.1 Å². The van der Waals surface area contributed by atoms with Gasteiger partial charge in [-0.15, -0.1) is 11.8 Å². The van der Waals surface area contributed by atoms with Gasteiger partial charge in [-0.2, -0.15) is 0 Å². The van der Waals surface area contributed by atoms with Crippen molar-refractivity contribution >= 4 is 23.4 Å². The minimum Gasteiger partial charge on any atom is -0.395 e. The molecule has 1 aliphatic heterocycles. The molecule has 1 heterocycles. The van der Waals surface area contributed by atoms with Gasteiger partial charge >= 0.3 is 0 Å². The van der Waals surface area contributed by atoms with Crippen molar-refractivity contribution in [2.45, 2.75) is 23.5 Å². The van der Waals surface area contributed by atoms with Crippen LogP contribution < -0.4 is 10.6 Å². The Morgan fingerprint density at radius 1 is 1.44 bits per heavy atom. The van der Waals surface area contributed by atoms with Crippen molar-refractivity contribution < 1.29 is 9.90 Å². The molecule has 0 fully saturated rings. The van der Waals surface area contributed by atoms with Gasteiger partial charge in [0.25, 0.3) is 0 Å². The standard InChI is InChI=1S/C13H18N2O2S/c1-9-13(17)15-11-8-10(2-3-12(11)18-9)4-5-14-6-7-16/h2-3,8-9,14,16H,4-7H2,1H3,(H,15,17). The molecule has 1 aliphatic rings. The largest absolute Gasteiger partial charge is 0.395 e. The van der Waals surface area contributed by atoms with E-state index in [2.05, 4.69) is 22.8 Å². The van der Waals surface area contributed by atoms with Gasteiger partial charge in [0.15, 0.2) is 0 Å². The highest BCUT2D eigenvalue weighted by Crippen LogP contribution is 2.35. The van der Waals surface area contributed by atoms with Gasteiger partial charge in [0, 0.05) is 11.4 Å². The van der Waals surface area contributed by atoms with Gasteiger partial charge in [-0.05, 0) is 37.6 Å². The topological polar surface area (TPSA) is 61.4 Å². The molecule has 98 valence electrons. The van der Waals surface area contributed by atoms with Crippen LogP contribution in [0.25, 0.3) is 0 Å². The third-order valence-electron chi connectivity index (χ3n) is 2.85. The lowest BCUT2D eigenvalue weighted by atomic mass is 10.1. The average Bonchev–Trinajstić information content (AvgIpc) is 2.36. The van der Waals surface area contributed by atoms with Crippen LogP contribution in [0.5, 0.6) is 0 Å². The molecule has 1 aromatic rings. The molecule has 0 saturated carbocycles. The highest BCUT2D eigenvalue weighted by molar-refractivity contribution is 8.00. The molecule has 2 rings (SSSR count). The van der Waals surface area contributed by atoms with Crippen molar-refractivity contribution in [2.24, 2.45) is 0 Å². The summed E-state index contributed by atoms with van der Waals surface area (Å²) in [5.74, 6) is 0.0723. The summed E-state index contributed by atoms with van der Waals surface area (Å²) in [5.41, 5.74) is 2.11. The van der Waals surface area contributed by atoms with E-state index in [9.17, 15) is 4.79 Å². The first kappa shape index (κ1) is 13.4. The van der Waals surface area contributed by atoms with Gasteiger partial charge in [0.2, 0.25) is 5.91 Å². The number of thioether (sulfide) groups is 1. The first-order chi connectivity index (χ1) is 8.70. The number of rotatable bonds is 5. The highest BCUT2D eigenvalue weighted by Gasteiger charge is 2.22. The Morgan fingerprint density at radius 3 is 3.06 bits per heavy atom. The summed E-state index contributed by atoms with van der Waals surface area (Å²) < 4.78 is 0. The molecule has 1 atom stereocenters. The molecule has 0 aromatic heterocycles. The molecular weight excluding hydrogens is 248 g/mol. The zero-order chi connectivity index (χ0) is 13.0. The SMILES string of the molecule is CC1Sc2ccc(CCNCCO)cc2NC1=O. The summed E-state index contributed by atoms with van der Waals surface area (Å²) in [4.78, 5) is 12.7. The average molecular weight is 266 g/mol. The van der Waals surface area contributed by atoms with E-state index >= 15 is 0 Å². The smallest absolute Gasteiger partial charge is 0.237 e. The van der Waals surface area contributed by atoms with Gasteiger partial charge in [-0.25, -0.2) is 0 Å². The maximum Gasteiger partial charge on any atom is 0.237 e. The minimum absolute atomic E-state index is 0.0189. The summed E-state index contributed by atoms with van der Waals surface area (Å²) in [6.07, 6.45) is 0.892. The van der Waals surface area contributed by atoms with Crippen molar-refractivity contribution in [2.75, 3.05) is 25.0 Å². The van der Waals surface area contributed by atoms with E-state index < -0.39 is 0 Å². The fraction of sp³-hybridized carbons (Fsp3) is 0.462. The summed E-state index contributed by atoms with van der Waals surface area (Å²) >= 11 is 1.60. The number of carbonyl (C=O) groups is 1. The van der Waals surface area contributed by atoms with Crippen LogP contribution in [0.1, 0.15) is 12.5 Å². The van der Waals surface area contributed by atoms with Crippen LogP contribution in [0.2, 0.25) is 0 Å². The van der Waals surface area contributed by atoms with Crippen LogP contribution in [0, 0.1) is 0 Å². The number of amides is 1. The summed E-state index contributed by atoms with van der Waals surface area (Å²) in [6, 6.07) is 6.20. The number of benzene rings is 1. The summed E-state index contributed by atoms with van der Waals surface area (Å²) in [6.45, 7) is 3.52. The highest BCUT2D eigenvalue weighted by atomic mass is 32.2. The molecular formula is C13H18N2O2S. The van der Waals surface area contributed by atoms with Crippen LogP contribution in [-0.4, -0.2) is 36.0 Å². The Hall–Kier alpha value is -1.04. The Bertz CT molecular complexity index is 437. The second-order valence-corrected chi connectivity index (χ2v) is 5.69. The third-order valence-corrected chi connectivity index (χ3v) is 4.03. The van der Waals surface area contributed by atoms with E-state index in [1.807, 2.05) is 13.0 Å². The number of aliphatic hydroxyl groups is 1. The molecule has 5 heteroatoms. The van der Waals surface area contributed by atoms with Crippen molar-refractivity contribution in [1.82, 2.24) is 5.32 Å². The van der Waals surface area contributed by atoms with Crippen molar-refractivity contribution in [3.63, 3.8) is 0 Å². The molecule has 0 radical (unpaired) electrons. The number of anilines is 1. The van der Waals surface area contributed by atoms with Gasteiger partial charge in [-0.1, -0.05) is 6.07 Å². The molecule has 1 aromatic carbocycles. The van der Waals surface area contributed by atoms with Crippen molar-refractivity contribution in [1.29, 1.82) is 0 Å². The first-order valence-electron chi connectivity index (χ1n) is 6.12. The van der Waals surface area contributed by atoms with Crippen LogP contribution >= 0.6 is 11.8 Å². The van der Waals surface area contributed by atoms with E-state index in [-0.39, 0.29) is 17.8 Å². The number of carbonyl (C=O) groups excluding carboxylic acids is 1. The van der Waals surface area contributed by atoms with Gasteiger partial charge < -0.3 is 15.7 Å². The minimum atomic E-state index is -0.0189. The monoisotopic (exact) mass is 266 g/mol. The van der Waals surface area contributed by atoms with E-state index in [4.69, 9.17) is 5.11 Å². The van der Waals surface area contributed by atoms with E-state index in [1.54, 1.807) is 11.8 Å². The van der Waals surface area contributed by atoms with Crippen LogP contribution in [-0.2, 0) is 11.2 Å².